The quantitative estimate of drug-likeness (QED) is 0.393. The fraction of sp³-hybridized carbons (Fsp3) is 0.320. The molecule has 2 aromatic rings. The Labute approximate surface area is 202 Å². The van der Waals surface area contributed by atoms with Gasteiger partial charge in [0.1, 0.15) is 0 Å². The summed E-state index contributed by atoms with van der Waals surface area (Å²) in [6.45, 7) is 1.76. The number of ether oxygens (including phenoxy) is 2. The van der Waals surface area contributed by atoms with Crippen LogP contribution in [-0.2, 0) is 23.9 Å². The van der Waals surface area contributed by atoms with Crippen LogP contribution in [0.25, 0.3) is 0 Å². The zero-order chi connectivity index (χ0) is 25.2. The Bertz CT molecular complexity index is 1070. The summed E-state index contributed by atoms with van der Waals surface area (Å²) in [5.74, 6) is -3.42. The molecule has 10 heteroatoms. The molecule has 1 saturated heterocycles. The van der Waals surface area contributed by atoms with Crippen LogP contribution < -0.4 is 10.7 Å². The molecule has 0 unspecified atom stereocenters. The molecule has 0 saturated carbocycles. The first-order valence-electron chi connectivity index (χ1n) is 11.3. The topological polar surface area (TPSA) is 131 Å². The number of hydrogen-bond donors (Lipinski definition) is 2. The van der Waals surface area contributed by atoms with Gasteiger partial charge in [0.2, 0.25) is 5.91 Å². The molecule has 10 nitrogen and oxygen atoms in total. The van der Waals surface area contributed by atoms with Crippen LogP contribution in [0.2, 0.25) is 0 Å². The first-order chi connectivity index (χ1) is 16.9. The molecule has 2 N–H and O–H groups in total. The molecule has 0 aliphatic carbocycles. The molecular formula is C25H27N3O7. The molecule has 184 valence electrons. The third-order valence-corrected chi connectivity index (χ3v) is 5.21. The Hall–Kier alpha value is -4.21. The van der Waals surface area contributed by atoms with Crippen molar-refractivity contribution in [3.8, 4) is 0 Å². The van der Waals surface area contributed by atoms with Crippen molar-refractivity contribution >= 4 is 35.3 Å². The highest BCUT2D eigenvalue weighted by atomic mass is 16.5. The molecule has 1 aliphatic heterocycles. The second-order valence-corrected chi connectivity index (χ2v) is 7.94. The Morgan fingerprint density at radius 2 is 1.69 bits per heavy atom. The Balaban J connectivity index is 1.42. The molecule has 1 aliphatic rings. The summed E-state index contributed by atoms with van der Waals surface area (Å²) in [5.41, 5.74) is 3.64. The van der Waals surface area contributed by atoms with E-state index in [1.165, 1.54) is 12.1 Å². The number of nitrogens with zero attached hydrogens (tertiary/aromatic N) is 1. The maximum Gasteiger partial charge on any atom is 0.338 e. The molecule has 0 spiro atoms. The maximum absolute atomic E-state index is 12.3. The molecule has 1 fully saturated rings. The van der Waals surface area contributed by atoms with Crippen molar-refractivity contribution in [1.82, 2.24) is 10.4 Å². The number of anilines is 1. The van der Waals surface area contributed by atoms with E-state index in [0.717, 1.165) is 17.9 Å². The molecule has 2 aromatic carbocycles. The molecule has 0 bridgehead atoms. The van der Waals surface area contributed by atoms with Crippen LogP contribution in [0.5, 0.6) is 0 Å². The number of hydrazine groups is 1. The van der Waals surface area contributed by atoms with Gasteiger partial charge in [0.25, 0.3) is 11.8 Å². The Morgan fingerprint density at radius 3 is 2.37 bits per heavy atom. The van der Waals surface area contributed by atoms with Gasteiger partial charge in [0.15, 0.2) is 6.61 Å². The molecule has 0 aromatic heterocycles. The number of carbonyl (C=O) groups is 5. The Kier molecular flexibility index (Phi) is 8.94. The van der Waals surface area contributed by atoms with E-state index in [9.17, 15) is 24.0 Å². The van der Waals surface area contributed by atoms with Crippen LogP contribution in [0.4, 0.5) is 5.69 Å². The highest BCUT2D eigenvalue weighted by Crippen LogP contribution is 2.18. The lowest BCUT2D eigenvalue weighted by atomic mass is 10.1. The first-order valence-corrected chi connectivity index (χ1v) is 11.3. The lowest BCUT2D eigenvalue weighted by molar-refractivity contribution is -0.151. The van der Waals surface area contributed by atoms with Crippen LogP contribution in [0, 0.1) is 5.92 Å². The highest BCUT2D eigenvalue weighted by Gasteiger charge is 2.36. The minimum Gasteiger partial charge on any atom is -0.462 e. The number of nitrogens with one attached hydrogen (secondary N) is 2. The number of esters is 2. The molecule has 35 heavy (non-hydrogen) atoms. The summed E-state index contributed by atoms with van der Waals surface area (Å²) in [5, 5.41) is 3.65. The predicted molar refractivity (Wildman–Crippen MR) is 125 cm³/mol. The van der Waals surface area contributed by atoms with Gasteiger partial charge in [-0.1, -0.05) is 31.5 Å². The number of benzene rings is 2. The van der Waals surface area contributed by atoms with Gasteiger partial charge < -0.3 is 14.8 Å². The largest absolute Gasteiger partial charge is 0.462 e. The number of amides is 3. The first kappa shape index (κ1) is 25.4. The normalized spacial score (nSPS) is 14.8. The van der Waals surface area contributed by atoms with E-state index in [4.69, 9.17) is 9.47 Å². The van der Waals surface area contributed by atoms with Gasteiger partial charge in [0.05, 0.1) is 24.6 Å². The van der Waals surface area contributed by atoms with Gasteiger partial charge in [-0.05, 0) is 42.8 Å². The standard InChI is InChI=1S/C25H27N3O7/c1-2-3-13-34-24(32)18-9-11-20(12-10-18)26-21(29)16-35-25(33)19-14-22(30)28(15-19)27-23(31)17-7-5-4-6-8-17/h4-12,19H,2-3,13-16H2,1H3,(H,26,29)(H,27,31)/t19-/m0/s1. The van der Waals surface area contributed by atoms with Gasteiger partial charge >= 0.3 is 11.9 Å². The minimum atomic E-state index is -0.802. The maximum atomic E-state index is 12.3. The van der Waals surface area contributed by atoms with Crippen molar-refractivity contribution in [1.29, 1.82) is 0 Å². The molecule has 3 amide bonds. The summed E-state index contributed by atoms with van der Waals surface area (Å²) in [6, 6.07) is 14.5. The van der Waals surface area contributed by atoms with Crippen molar-refractivity contribution < 1.29 is 33.4 Å². The summed E-state index contributed by atoms with van der Waals surface area (Å²) < 4.78 is 10.2. The number of rotatable bonds is 10. The fourth-order valence-electron chi connectivity index (χ4n) is 3.28. The average molecular weight is 482 g/mol. The van der Waals surface area contributed by atoms with Crippen LogP contribution >= 0.6 is 0 Å². The SMILES string of the molecule is CCCCOC(=O)c1ccc(NC(=O)COC(=O)[C@H]2CC(=O)N(NC(=O)c3ccccc3)C2)cc1. The number of carbonyl (C=O) groups excluding carboxylic acids is 5. The van der Waals surface area contributed by atoms with Gasteiger partial charge in [-0.3, -0.25) is 29.6 Å². The van der Waals surface area contributed by atoms with E-state index in [1.807, 2.05) is 6.92 Å². The monoisotopic (exact) mass is 481 g/mol. The summed E-state index contributed by atoms with van der Waals surface area (Å²) in [7, 11) is 0. The molecule has 0 radical (unpaired) electrons. The van der Waals surface area contributed by atoms with E-state index >= 15 is 0 Å². The summed E-state index contributed by atoms with van der Waals surface area (Å²) in [6.07, 6.45) is 1.57. The molecular weight excluding hydrogens is 454 g/mol. The van der Waals surface area contributed by atoms with E-state index in [2.05, 4.69) is 10.7 Å². The van der Waals surface area contributed by atoms with Crippen molar-refractivity contribution in [2.24, 2.45) is 5.92 Å². The fourth-order valence-corrected chi connectivity index (χ4v) is 3.28. The van der Waals surface area contributed by atoms with Crippen LogP contribution in [-0.4, -0.2) is 54.4 Å². The van der Waals surface area contributed by atoms with Crippen molar-refractivity contribution in [2.75, 3.05) is 25.1 Å². The zero-order valence-electron chi connectivity index (χ0n) is 19.3. The lowest BCUT2D eigenvalue weighted by Gasteiger charge is -2.17. The summed E-state index contributed by atoms with van der Waals surface area (Å²) in [4.78, 5) is 60.8. The van der Waals surface area contributed by atoms with Crippen LogP contribution in [0.15, 0.2) is 54.6 Å². The Morgan fingerprint density at radius 1 is 0.971 bits per heavy atom. The molecule has 3 rings (SSSR count). The zero-order valence-corrected chi connectivity index (χ0v) is 19.3. The lowest BCUT2D eigenvalue weighted by Crippen LogP contribution is -2.43. The van der Waals surface area contributed by atoms with Gasteiger partial charge in [-0.2, -0.15) is 0 Å². The van der Waals surface area contributed by atoms with E-state index in [0.29, 0.717) is 23.4 Å². The average Bonchev–Trinajstić information content (AvgIpc) is 3.23. The smallest absolute Gasteiger partial charge is 0.338 e. The number of hydrogen-bond acceptors (Lipinski definition) is 7. The third-order valence-electron chi connectivity index (χ3n) is 5.21. The van der Waals surface area contributed by atoms with Gasteiger partial charge in [-0.15, -0.1) is 0 Å². The van der Waals surface area contributed by atoms with Crippen molar-refractivity contribution in [3.63, 3.8) is 0 Å². The van der Waals surface area contributed by atoms with Crippen molar-refractivity contribution in [3.05, 3.63) is 65.7 Å². The third kappa shape index (κ3) is 7.39. The second-order valence-electron chi connectivity index (χ2n) is 7.94. The van der Waals surface area contributed by atoms with Crippen LogP contribution in [0.1, 0.15) is 46.9 Å². The van der Waals surface area contributed by atoms with E-state index in [-0.39, 0.29) is 13.0 Å². The highest BCUT2D eigenvalue weighted by molar-refractivity contribution is 5.97. The summed E-state index contributed by atoms with van der Waals surface area (Å²) >= 11 is 0. The second kappa shape index (κ2) is 12.3. The van der Waals surface area contributed by atoms with Crippen LogP contribution in [0.3, 0.4) is 0 Å². The predicted octanol–water partition coefficient (Wildman–Crippen LogP) is 2.32. The molecule has 1 atom stereocenters. The van der Waals surface area contributed by atoms with Crippen molar-refractivity contribution in [2.45, 2.75) is 26.2 Å². The van der Waals surface area contributed by atoms with Gasteiger partial charge in [0, 0.05) is 17.7 Å². The van der Waals surface area contributed by atoms with Gasteiger partial charge in [-0.25, -0.2) is 4.79 Å². The number of unbranched alkanes of at least 4 members (excludes halogenated alkanes) is 1. The minimum absolute atomic E-state index is 0.0479. The van der Waals surface area contributed by atoms with E-state index in [1.54, 1.807) is 42.5 Å². The van der Waals surface area contributed by atoms with E-state index < -0.39 is 42.2 Å². The molecule has 1 heterocycles.